The van der Waals surface area contributed by atoms with Gasteiger partial charge in [-0.15, -0.1) is 11.3 Å². The average Bonchev–Trinajstić information content (AvgIpc) is 3.35. The van der Waals surface area contributed by atoms with E-state index in [9.17, 15) is 4.79 Å². The molecule has 0 radical (unpaired) electrons. The molecule has 0 atom stereocenters. The predicted octanol–water partition coefficient (Wildman–Crippen LogP) is 5.13. The van der Waals surface area contributed by atoms with Crippen LogP contribution in [0.5, 0.6) is 11.5 Å². The van der Waals surface area contributed by atoms with Crippen molar-refractivity contribution in [2.75, 3.05) is 24.0 Å². The number of carbonyl (C=O) groups is 1. The SMILES string of the molecule is CCOC(=O)c1cc(-c2ccccc2)sc1NC(=S)Nc1ccc2c(c1)OCO2. The minimum atomic E-state index is -0.390. The number of thiophene rings is 1. The van der Waals surface area contributed by atoms with Crippen molar-refractivity contribution in [1.82, 2.24) is 0 Å². The van der Waals surface area contributed by atoms with Gasteiger partial charge in [-0.25, -0.2) is 4.79 Å². The van der Waals surface area contributed by atoms with Gasteiger partial charge >= 0.3 is 5.97 Å². The van der Waals surface area contributed by atoms with Crippen LogP contribution in [0.2, 0.25) is 0 Å². The minimum Gasteiger partial charge on any atom is -0.462 e. The molecule has 0 unspecified atom stereocenters. The van der Waals surface area contributed by atoms with E-state index in [1.165, 1.54) is 11.3 Å². The Morgan fingerprint density at radius 1 is 1.10 bits per heavy atom. The Hall–Kier alpha value is -3.10. The van der Waals surface area contributed by atoms with Gasteiger partial charge in [0.1, 0.15) is 5.00 Å². The van der Waals surface area contributed by atoms with E-state index in [1.807, 2.05) is 54.6 Å². The Labute approximate surface area is 177 Å². The number of nitrogens with one attached hydrogen (secondary N) is 2. The Morgan fingerprint density at radius 2 is 1.90 bits per heavy atom. The summed E-state index contributed by atoms with van der Waals surface area (Å²) in [6.45, 7) is 2.29. The third kappa shape index (κ3) is 4.33. The van der Waals surface area contributed by atoms with Crippen LogP contribution in [0.25, 0.3) is 10.4 Å². The molecule has 6 nitrogen and oxygen atoms in total. The van der Waals surface area contributed by atoms with Crippen molar-refractivity contribution >= 4 is 45.3 Å². The second kappa shape index (κ2) is 8.50. The third-order valence-corrected chi connectivity index (χ3v) is 5.45. The first-order valence-electron chi connectivity index (χ1n) is 8.98. The zero-order chi connectivity index (χ0) is 20.2. The number of ether oxygens (including phenoxy) is 3. The van der Waals surface area contributed by atoms with Gasteiger partial charge in [-0.05, 0) is 42.9 Å². The molecule has 0 aliphatic carbocycles. The van der Waals surface area contributed by atoms with Crippen LogP contribution >= 0.6 is 23.6 Å². The molecule has 0 amide bonds. The molecule has 1 aliphatic rings. The number of thiocarbonyl (C=S) groups is 1. The van der Waals surface area contributed by atoms with E-state index in [1.54, 1.807) is 6.92 Å². The van der Waals surface area contributed by atoms with E-state index in [2.05, 4.69) is 10.6 Å². The fourth-order valence-electron chi connectivity index (χ4n) is 2.83. The van der Waals surface area contributed by atoms with Gasteiger partial charge in [-0.2, -0.15) is 0 Å². The number of benzene rings is 2. The largest absolute Gasteiger partial charge is 0.462 e. The van der Waals surface area contributed by atoms with Crippen molar-refractivity contribution in [2.45, 2.75) is 6.92 Å². The molecule has 3 aromatic rings. The van der Waals surface area contributed by atoms with Crippen LogP contribution in [0.1, 0.15) is 17.3 Å². The molecule has 4 rings (SSSR count). The number of fused-ring (bicyclic) bond motifs is 1. The second-order valence-electron chi connectivity index (χ2n) is 6.09. The summed E-state index contributed by atoms with van der Waals surface area (Å²) in [6, 6.07) is 17.1. The van der Waals surface area contributed by atoms with Crippen LogP contribution in [0.3, 0.4) is 0 Å². The number of esters is 1. The number of hydrogen-bond acceptors (Lipinski definition) is 6. The molecule has 1 aliphatic heterocycles. The second-order valence-corrected chi connectivity index (χ2v) is 7.55. The molecule has 2 heterocycles. The van der Waals surface area contributed by atoms with Crippen molar-refractivity contribution in [1.29, 1.82) is 0 Å². The van der Waals surface area contributed by atoms with Crippen molar-refractivity contribution < 1.29 is 19.0 Å². The molecule has 29 heavy (non-hydrogen) atoms. The minimum absolute atomic E-state index is 0.210. The lowest BCUT2D eigenvalue weighted by Crippen LogP contribution is -2.20. The van der Waals surface area contributed by atoms with E-state index in [-0.39, 0.29) is 12.8 Å². The Balaban J connectivity index is 1.55. The highest BCUT2D eigenvalue weighted by molar-refractivity contribution is 7.80. The van der Waals surface area contributed by atoms with Gasteiger partial charge < -0.3 is 24.8 Å². The van der Waals surface area contributed by atoms with Crippen molar-refractivity contribution in [3.05, 3.63) is 60.2 Å². The summed E-state index contributed by atoms with van der Waals surface area (Å²) in [5.74, 6) is 0.969. The first-order chi connectivity index (χ1) is 14.1. The van der Waals surface area contributed by atoms with Crippen LogP contribution in [0, 0.1) is 0 Å². The molecule has 0 bridgehead atoms. The molecule has 0 spiro atoms. The molecule has 148 valence electrons. The highest BCUT2D eigenvalue weighted by Gasteiger charge is 2.19. The fourth-order valence-corrected chi connectivity index (χ4v) is 4.17. The molecular formula is C21H18N2O4S2. The quantitative estimate of drug-likeness (QED) is 0.433. The zero-order valence-electron chi connectivity index (χ0n) is 15.6. The Bertz CT molecular complexity index is 1050. The van der Waals surface area contributed by atoms with E-state index >= 15 is 0 Å². The molecular weight excluding hydrogens is 408 g/mol. The number of anilines is 2. The summed E-state index contributed by atoms with van der Waals surface area (Å²) in [5, 5.41) is 7.21. The maximum atomic E-state index is 12.4. The van der Waals surface area contributed by atoms with E-state index < -0.39 is 0 Å². The summed E-state index contributed by atoms with van der Waals surface area (Å²) in [4.78, 5) is 13.4. The third-order valence-electron chi connectivity index (χ3n) is 4.14. The van der Waals surface area contributed by atoms with Gasteiger partial charge in [0.15, 0.2) is 16.6 Å². The van der Waals surface area contributed by atoms with Gasteiger partial charge in [0.25, 0.3) is 0 Å². The highest BCUT2D eigenvalue weighted by atomic mass is 32.1. The first-order valence-corrected chi connectivity index (χ1v) is 10.2. The Morgan fingerprint density at radius 3 is 2.69 bits per heavy atom. The molecule has 0 fully saturated rings. The number of carbonyl (C=O) groups excluding carboxylic acids is 1. The fraction of sp³-hybridized carbons (Fsp3) is 0.143. The van der Waals surface area contributed by atoms with Crippen molar-refractivity contribution in [2.24, 2.45) is 0 Å². The summed E-state index contributed by atoms with van der Waals surface area (Å²) in [6.07, 6.45) is 0. The number of rotatable bonds is 5. The number of hydrogen-bond donors (Lipinski definition) is 2. The van der Waals surface area contributed by atoms with E-state index in [4.69, 9.17) is 26.4 Å². The van der Waals surface area contributed by atoms with Gasteiger partial charge in [-0.1, -0.05) is 30.3 Å². The zero-order valence-corrected chi connectivity index (χ0v) is 17.2. The summed E-state index contributed by atoms with van der Waals surface area (Å²) >= 11 is 6.88. The van der Waals surface area contributed by atoms with Crippen LogP contribution in [0.15, 0.2) is 54.6 Å². The molecule has 0 saturated carbocycles. The van der Waals surface area contributed by atoms with Gasteiger partial charge in [0.2, 0.25) is 6.79 Å². The monoisotopic (exact) mass is 426 g/mol. The highest BCUT2D eigenvalue weighted by Crippen LogP contribution is 2.37. The summed E-state index contributed by atoms with van der Waals surface area (Å²) < 4.78 is 15.9. The van der Waals surface area contributed by atoms with Crippen LogP contribution < -0.4 is 20.1 Å². The van der Waals surface area contributed by atoms with Crippen LogP contribution in [-0.2, 0) is 4.74 Å². The lowest BCUT2D eigenvalue weighted by molar-refractivity contribution is 0.0528. The average molecular weight is 427 g/mol. The first kappa shape index (κ1) is 19.2. The maximum absolute atomic E-state index is 12.4. The van der Waals surface area contributed by atoms with E-state index in [0.29, 0.717) is 33.8 Å². The molecule has 2 N–H and O–H groups in total. The van der Waals surface area contributed by atoms with Crippen LogP contribution in [0.4, 0.5) is 10.7 Å². The van der Waals surface area contributed by atoms with Gasteiger partial charge in [-0.3, -0.25) is 0 Å². The lowest BCUT2D eigenvalue weighted by Gasteiger charge is -2.11. The van der Waals surface area contributed by atoms with Crippen molar-refractivity contribution in [3.63, 3.8) is 0 Å². The molecule has 0 saturated heterocycles. The topological polar surface area (TPSA) is 68.8 Å². The van der Waals surface area contributed by atoms with Gasteiger partial charge in [0.05, 0.1) is 12.2 Å². The van der Waals surface area contributed by atoms with Crippen LogP contribution in [-0.4, -0.2) is 24.5 Å². The summed E-state index contributed by atoms with van der Waals surface area (Å²) in [5.41, 5.74) is 2.22. The Kier molecular flexibility index (Phi) is 5.64. The lowest BCUT2D eigenvalue weighted by atomic mass is 10.1. The predicted molar refractivity (Wildman–Crippen MR) is 118 cm³/mol. The molecule has 1 aromatic heterocycles. The van der Waals surface area contributed by atoms with Crippen molar-refractivity contribution in [3.8, 4) is 21.9 Å². The molecule has 2 aromatic carbocycles. The molecule has 8 heteroatoms. The standard InChI is InChI=1S/C21H18N2O4S2/c1-2-25-20(24)15-11-18(13-6-4-3-5-7-13)29-19(15)23-21(28)22-14-8-9-16-17(10-14)27-12-26-16/h3-11H,2,12H2,1H3,(H2,22,23,28). The normalized spacial score (nSPS) is 11.8. The van der Waals surface area contributed by atoms with Gasteiger partial charge in [0, 0.05) is 16.6 Å². The smallest absolute Gasteiger partial charge is 0.341 e. The summed E-state index contributed by atoms with van der Waals surface area (Å²) in [7, 11) is 0. The van der Waals surface area contributed by atoms with E-state index in [0.717, 1.165) is 16.1 Å². The maximum Gasteiger partial charge on any atom is 0.341 e.